The van der Waals surface area contributed by atoms with E-state index in [2.05, 4.69) is 28.0 Å². The first-order valence-electron chi connectivity index (χ1n) is 6.96. The highest BCUT2D eigenvalue weighted by atomic mass is 35.5. The Labute approximate surface area is 125 Å². The maximum absolute atomic E-state index is 6.28. The second-order valence-electron chi connectivity index (χ2n) is 5.02. The normalized spacial score (nSPS) is 20.4. The number of aryl methyl sites for hydroxylation is 1. The quantitative estimate of drug-likeness (QED) is 0.796. The van der Waals surface area contributed by atoms with Crippen LogP contribution in [0, 0.1) is 6.92 Å². The largest absolute Gasteiger partial charge is 0.355 e. The van der Waals surface area contributed by atoms with Crippen LogP contribution in [0.15, 0.2) is 0 Å². The molecule has 1 unspecified atom stereocenters. The van der Waals surface area contributed by atoms with Gasteiger partial charge in [0.1, 0.15) is 16.8 Å². The first-order chi connectivity index (χ1) is 9.15. The molecule has 0 saturated carbocycles. The zero-order valence-electron chi connectivity index (χ0n) is 11.9. The van der Waals surface area contributed by atoms with Gasteiger partial charge in [0, 0.05) is 23.9 Å². The third-order valence-electron chi connectivity index (χ3n) is 3.66. The Bertz CT molecular complexity index is 439. The summed E-state index contributed by atoms with van der Waals surface area (Å²) in [6.07, 6.45) is 6.93. The van der Waals surface area contributed by atoms with E-state index in [-0.39, 0.29) is 0 Å². The molecule has 0 spiro atoms. The van der Waals surface area contributed by atoms with E-state index in [1.165, 1.54) is 19.3 Å². The van der Waals surface area contributed by atoms with E-state index >= 15 is 0 Å². The fourth-order valence-electron chi connectivity index (χ4n) is 2.60. The van der Waals surface area contributed by atoms with Gasteiger partial charge in [-0.3, -0.25) is 0 Å². The molecule has 19 heavy (non-hydrogen) atoms. The molecule has 0 N–H and O–H groups in total. The standard InChI is InChI=1S/C14H22ClN3S/c1-4-12-13(15)16-10(2)17-14(12)18-8-6-5-7-11(9-18)19-3/h11H,4-9H2,1-3H3. The van der Waals surface area contributed by atoms with E-state index in [9.17, 15) is 0 Å². The molecule has 106 valence electrons. The van der Waals surface area contributed by atoms with Gasteiger partial charge < -0.3 is 4.90 Å². The van der Waals surface area contributed by atoms with Gasteiger partial charge in [0.05, 0.1) is 0 Å². The average molecular weight is 300 g/mol. The van der Waals surface area contributed by atoms with Crippen molar-refractivity contribution in [3.63, 3.8) is 0 Å². The highest BCUT2D eigenvalue weighted by Crippen LogP contribution is 2.29. The Morgan fingerprint density at radius 3 is 2.84 bits per heavy atom. The lowest BCUT2D eigenvalue weighted by atomic mass is 10.2. The minimum Gasteiger partial charge on any atom is -0.355 e. The van der Waals surface area contributed by atoms with E-state index in [1.807, 2.05) is 18.7 Å². The van der Waals surface area contributed by atoms with Crippen LogP contribution in [-0.4, -0.2) is 34.6 Å². The first-order valence-corrected chi connectivity index (χ1v) is 8.63. The molecule has 2 rings (SSSR count). The van der Waals surface area contributed by atoms with Gasteiger partial charge in [-0.1, -0.05) is 24.9 Å². The monoisotopic (exact) mass is 299 g/mol. The molecule has 3 nitrogen and oxygen atoms in total. The van der Waals surface area contributed by atoms with Crippen molar-refractivity contribution in [2.45, 2.75) is 44.8 Å². The van der Waals surface area contributed by atoms with E-state index in [0.29, 0.717) is 10.4 Å². The number of rotatable bonds is 3. The Balaban J connectivity index is 2.33. The third-order valence-corrected chi connectivity index (χ3v) is 5.03. The Hall–Kier alpha value is -0.480. The zero-order valence-corrected chi connectivity index (χ0v) is 13.5. The smallest absolute Gasteiger partial charge is 0.138 e. The average Bonchev–Trinajstić information content (AvgIpc) is 2.63. The number of halogens is 1. The first kappa shape index (κ1) is 14.9. The lowest BCUT2D eigenvalue weighted by Gasteiger charge is -2.27. The summed E-state index contributed by atoms with van der Waals surface area (Å²) in [6.45, 7) is 6.18. The van der Waals surface area contributed by atoms with Crippen LogP contribution in [0.5, 0.6) is 0 Å². The van der Waals surface area contributed by atoms with E-state index in [4.69, 9.17) is 11.6 Å². The SMILES string of the molecule is CCc1c(Cl)nc(C)nc1N1CCCCC(SC)C1. The summed E-state index contributed by atoms with van der Waals surface area (Å²) in [5.41, 5.74) is 1.09. The van der Waals surface area contributed by atoms with Crippen molar-refractivity contribution in [2.24, 2.45) is 0 Å². The third kappa shape index (κ3) is 3.54. The summed E-state index contributed by atoms with van der Waals surface area (Å²) in [4.78, 5) is 11.4. The molecule has 1 aliphatic heterocycles. The fraction of sp³-hybridized carbons (Fsp3) is 0.714. The van der Waals surface area contributed by atoms with Gasteiger partial charge in [-0.05, 0) is 32.4 Å². The fourth-order valence-corrected chi connectivity index (χ4v) is 3.67. The summed E-state index contributed by atoms with van der Waals surface area (Å²) in [6, 6.07) is 0. The van der Waals surface area contributed by atoms with Gasteiger partial charge in [0.15, 0.2) is 0 Å². The molecule has 1 atom stereocenters. The number of nitrogens with zero attached hydrogens (tertiary/aromatic N) is 3. The lowest BCUT2D eigenvalue weighted by Crippen LogP contribution is -2.31. The molecule has 0 amide bonds. The second-order valence-corrected chi connectivity index (χ2v) is 6.51. The van der Waals surface area contributed by atoms with Gasteiger partial charge in [-0.15, -0.1) is 0 Å². The van der Waals surface area contributed by atoms with Gasteiger partial charge in [-0.2, -0.15) is 11.8 Å². The molecule has 1 fully saturated rings. The summed E-state index contributed by atoms with van der Waals surface area (Å²) in [5, 5.41) is 1.32. The number of hydrogen-bond acceptors (Lipinski definition) is 4. The molecule has 0 aliphatic carbocycles. The summed E-state index contributed by atoms with van der Waals surface area (Å²) in [7, 11) is 0. The highest BCUT2D eigenvalue weighted by molar-refractivity contribution is 7.99. The van der Waals surface area contributed by atoms with Crippen LogP contribution >= 0.6 is 23.4 Å². The predicted octanol–water partition coefficient (Wildman–Crippen LogP) is 3.72. The van der Waals surface area contributed by atoms with Crippen LogP contribution in [0.2, 0.25) is 5.15 Å². The molecule has 1 aromatic heterocycles. The number of hydrogen-bond donors (Lipinski definition) is 0. The van der Waals surface area contributed by atoms with Crippen molar-refractivity contribution in [1.82, 2.24) is 9.97 Å². The van der Waals surface area contributed by atoms with Crippen molar-refractivity contribution in [3.8, 4) is 0 Å². The summed E-state index contributed by atoms with van der Waals surface area (Å²) < 4.78 is 0. The molecular weight excluding hydrogens is 278 g/mol. The minimum absolute atomic E-state index is 0.620. The van der Waals surface area contributed by atoms with Crippen LogP contribution in [0.4, 0.5) is 5.82 Å². The molecule has 0 bridgehead atoms. The van der Waals surface area contributed by atoms with Gasteiger partial charge in [0.2, 0.25) is 0 Å². The van der Waals surface area contributed by atoms with Crippen LogP contribution in [0.3, 0.4) is 0 Å². The van der Waals surface area contributed by atoms with Gasteiger partial charge >= 0.3 is 0 Å². The molecular formula is C14H22ClN3S. The van der Waals surface area contributed by atoms with Gasteiger partial charge in [0.25, 0.3) is 0 Å². The molecule has 1 aromatic rings. The zero-order chi connectivity index (χ0) is 13.8. The van der Waals surface area contributed by atoms with Crippen molar-refractivity contribution in [3.05, 3.63) is 16.5 Å². The van der Waals surface area contributed by atoms with Gasteiger partial charge in [-0.25, -0.2) is 9.97 Å². The van der Waals surface area contributed by atoms with Crippen LogP contribution in [0.1, 0.15) is 37.6 Å². The van der Waals surface area contributed by atoms with Crippen LogP contribution in [-0.2, 0) is 6.42 Å². The Morgan fingerprint density at radius 1 is 1.37 bits per heavy atom. The topological polar surface area (TPSA) is 29.0 Å². The highest BCUT2D eigenvalue weighted by Gasteiger charge is 2.22. The molecule has 5 heteroatoms. The Morgan fingerprint density at radius 2 is 2.16 bits per heavy atom. The van der Waals surface area contributed by atoms with Crippen molar-refractivity contribution < 1.29 is 0 Å². The van der Waals surface area contributed by atoms with Crippen molar-refractivity contribution in [1.29, 1.82) is 0 Å². The number of thioether (sulfide) groups is 1. The number of anilines is 1. The molecule has 0 radical (unpaired) electrons. The summed E-state index contributed by atoms with van der Waals surface area (Å²) >= 11 is 8.24. The predicted molar refractivity (Wildman–Crippen MR) is 84.5 cm³/mol. The minimum atomic E-state index is 0.620. The maximum atomic E-state index is 6.28. The molecule has 0 aromatic carbocycles. The number of aromatic nitrogens is 2. The lowest BCUT2D eigenvalue weighted by molar-refractivity contribution is 0.735. The second kappa shape index (κ2) is 6.80. The Kier molecular flexibility index (Phi) is 5.34. The van der Waals surface area contributed by atoms with Crippen LogP contribution in [0.25, 0.3) is 0 Å². The van der Waals surface area contributed by atoms with Crippen LogP contribution < -0.4 is 4.90 Å². The van der Waals surface area contributed by atoms with E-state index in [0.717, 1.165) is 36.7 Å². The molecule has 1 saturated heterocycles. The maximum Gasteiger partial charge on any atom is 0.138 e. The van der Waals surface area contributed by atoms with Crippen molar-refractivity contribution in [2.75, 3.05) is 24.2 Å². The van der Waals surface area contributed by atoms with E-state index in [1.54, 1.807) is 0 Å². The van der Waals surface area contributed by atoms with E-state index < -0.39 is 0 Å². The summed E-state index contributed by atoms with van der Waals surface area (Å²) in [5.74, 6) is 1.82. The molecule has 2 heterocycles. The molecule has 1 aliphatic rings. The van der Waals surface area contributed by atoms with Crippen molar-refractivity contribution >= 4 is 29.2 Å².